The molecule has 0 amide bonds. The Hall–Kier alpha value is -1.67. The second-order valence-electron chi connectivity index (χ2n) is 4.74. The number of nitrogens with zero attached hydrogens (tertiary/aromatic N) is 1. The molecule has 0 atom stereocenters. The van der Waals surface area contributed by atoms with E-state index in [9.17, 15) is 4.39 Å². The summed E-state index contributed by atoms with van der Waals surface area (Å²) in [4.78, 5) is 0. The van der Waals surface area contributed by atoms with Crippen molar-refractivity contribution in [3.63, 3.8) is 0 Å². The minimum Gasteiger partial charge on any atom is -0.360 e. The lowest BCUT2D eigenvalue weighted by molar-refractivity contribution is 0.415. The number of hydrogen-bond donors (Lipinski definition) is 2. The maximum atomic E-state index is 13.2. The van der Waals surface area contributed by atoms with Crippen LogP contribution in [-0.2, 0) is 0 Å². The second kappa shape index (κ2) is 6.48. The Kier molecular flexibility index (Phi) is 4.69. The topological polar surface area (TPSA) is 47.9 Å². The van der Waals surface area contributed by atoms with Gasteiger partial charge in [-0.2, -0.15) is 5.26 Å². The molecule has 0 spiro atoms. The molecule has 0 aliphatic heterocycles. The van der Waals surface area contributed by atoms with Crippen LogP contribution in [0.3, 0.4) is 0 Å². The van der Waals surface area contributed by atoms with Gasteiger partial charge in [-0.3, -0.25) is 0 Å². The third kappa shape index (κ3) is 3.90. The summed E-state index contributed by atoms with van der Waals surface area (Å²) in [7, 11) is 0. The predicted molar refractivity (Wildman–Crippen MR) is 77.3 cm³/mol. The van der Waals surface area contributed by atoms with E-state index in [4.69, 9.17) is 17.5 Å². The fourth-order valence-corrected chi connectivity index (χ4v) is 2.57. The number of thiocarbonyl (C=S) groups is 1. The van der Waals surface area contributed by atoms with Crippen LogP contribution in [0, 0.1) is 17.1 Å². The molecule has 100 valence electrons. The highest BCUT2D eigenvalue weighted by Crippen LogP contribution is 2.18. The van der Waals surface area contributed by atoms with E-state index in [1.54, 1.807) is 6.07 Å². The van der Waals surface area contributed by atoms with E-state index in [1.807, 2.05) is 6.07 Å². The van der Waals surface area contributed by atoms with Gasteiger partial charge in [0, 0.05) is 11.7 Å². The van der Waals surface area contributed by atoms with Gasteiger partial charge >= 0.3 is 0 Å². The van der Waals surface area contributed by atoms with Gasteiger partial charge in [0.05, 0.1) is 5.56 Å². The molecule has 2 rings (SSSR count). The van der Waals surface area contributed by atoms with Crippen LogP contribution in [-0.4, -0.2) is 11.2 Å². The van der Waals surface area contributed by atoms with Gasteiger partial charge < -0.3 is 10.6 Å². The van der Waals surface area contributed by atoms with Gasteiger partial charge in [0.2, 0.25) is 0 Å². The van der Waals surface area contributed by atoms with Crippen LogP contribution in [0.15, 0.2) is 18.2 Å². The van der Waals surface area contributed by atoms with E-state index < -0.39 is 5.82 Å². The molecule has 0 unspecified atom stereocenters. The molecule has 1 aromatic rings. The fourth-order valence-electron chi connectivity index (χ4n) is 2.29. The van der Waals surface area contributed by atoms with Crippen molar-refractivity contribution in [2.75, 3.05) is 5.32 Å². The molecule has 1 fully saturated rings. The van der Waals surface area contributed by atoms with E-state index in [-0.39, 0.29) is 5.56 Å². The van der Waals surface area contributed by atoms with Crippen molar-refractivity contribution in [2.24, 2.45) is 0 Å². The van der Waals surface area contributed by atoms with E-state index >= 15 is 0 Å². The average Bonchev–Trinajstić information content (AvgIpc) is 2.42. The molecule has 1 aliphatic carbocycles. The zero-order valence-corrected chi connectivity index (χ0v) is 11.4. The highest BCUT2D eigenvalue weighted by molar-refractivity contribution is 7.80. The first-order valence-electron chi connectivity index (χ1n) is 6.46. The van der Waals surface area contributed by atoms with E-state index in [0.29, 0.717) is 16.8 Å². The number of hydrogen-bond acceptors (Lipinski definition) is 2. The van der Waals surface area contributed by atoms with Crippen LogP contribution in [0.1, 0.15) is 37.7 Å². The Labute approximate surface area is 117 Å². The molecule has 1 saturated carbocycles. The minimum atomic E-state index is -0.515. The third-order valence-corrected chi connectivity index (χ3v) is 3.50. The van der Waals surface area contributed by atoms with E-state index in [0.717, 1.165) is 12.8 Å². The molecule has 19 heavy (non-hydrogen) atoms. The molecule has 2 N–H and O–H groups in total. The largest absolute Gasteiger partial charge is 0.360 e. The molecule has 1 aliphatic rings. The lowest BCUT2D eigenvalue weighted by atomic mass is 9.96. The van der Waals surface area contributed by atoms with Crippen LogP contribution in [0.25, 0.3) is 0 Å². The maximum absolute atomic E-state index is 13.2. The number of benzene rings is 1. The van der Waals surface area contributed by atoms with E-state index in [2.05, 4.69) is 10.6 Å². The zero-order valence-electron chi connectivity index (χ0n) is 10.6. The summed E-state index contributed by atoms with van der Waals surface area (Å²) in [6.07, 6.45) is 6.02. The van der Waals surface area contributed by atoms with Gasteiger partial charge in [0.1, 0.15) is 11.9 Å². The number of halogens is 1. The molecule has 0 saturated heterocycles. The molecule has 0 radical (unpaired) electrons. The zero-order chi connectivity index (χ0) is 13.7. The summed E-state index contributed by atoms with van der Waals surface area (Å²) >= 11 is 5.23. The van der Waals surface area contributed by atoms with Crippen molar-refractivity contribution in [3.8, 4) is 6.07 Å². The monoisotopic (exact) mass is 277 g/mol. The van der Waals surface area contributed by atoms with Crippen molar-refractivity contribution in [1.29, 1.82) is 5.26 Å². The Morgan fingerprint density at radius 2 is 2.05 bits per heavy atom. The predicted octanol–water partition coefficient (Wildman–Crippen LogP) is 3.32. The van der Waals surface area contributed by atoms with Gasteiger partial charge in [0.15, 0.2) is 5.11 Å². The van der Waals surface area contributed by atoms with Crippen LogP contribution in [0.2, 0.25) is 0 Å². The first-order chi connectivity index (χ1) is 9.19. The Bertz CT molecular complexity index is 504. The molecule has 1 aromatic carbocycles. The summed E-state index contributed by atoms with van der Waals surface area (Å²) in [6.45, 7) is 0. The molecule has 5 heteroatoms. The first-order valence-corrected chi connectivity index (χ1v) is 6.87. The highest BCUT2D eigenvalue weighted by atomic mass is 32.1. The number of nitrogens with one attached hydrogen (secondary N) is 2. The van der Waals surface area contributed by atoms with Crippen molar-refractivity contribution >= 4 is 23.0 Å². The van der Waals surface area contributed by atoms with Crippen molar-refractivity contribution in [3.05, 3.63) is 29.6 Å². The summed E-state index contributed by atoms with van der Waals surface area (Å²) in [6, 6.07) is 6.54. The SMILES string of the molecule is N#Cc1cc(NC(=S)NC2CCCCC2)ccc1F. The molecule has 0 bridgehead atoms. The van der Waals surface area contributed by atoms with Crippen LogP contribution < -0.4 is 10.6 Å². The summed E-state index contributed by atoms with van der Waals surface area (Å²) in [5.74, 6) is -0.515. The normalized spacial score (nSPS) is 15.6. The van der Waals surface area contributed by atoms with Crippen LogP contribution in [0.4, 0.5) is 10.1 Å². The Morgan fingerprint density at radius 1 is 1.32 bits per heavy atom. The lowest BCUT2D eigenvalue weighted by Gasteiger charge is -2.24. The Morgan fingerprint density at radius 3 is 2.74 bits per heavy atom. The van der Waals surface area contributed by atoms with Crippen molar-refractivity contribution in [2.45, 2.75) is 38.1 Å². The quantitative estimate of drug-likeness (QED) is 0.814. The second-order valence-corrected chi connectivity index (χ2v) is 5.15. The third-order valence-electron chi connectivity index (χ3n) is 3.29. The lowest BCUT2D eigenvalue weighted by Crippen LogP contribution is -2.38. The number of nitriles is 1. The van der Waals surface area contributed by atoms with Crippen LogP contribution >= 0.6 is 12.2 Å². The number of anilines is 1. The van der Waals surface area contributed by atoms with Gasteiger partial charge in [-0.1, -0.05) is 19.3 Å². The summed E-state index contributed by atoms with van der Waals surface area (Å²) < 4.78 is 13.2. The van der Waals surface area contributed by atoms with Crippen molar-refractivity contribution in [1.82, 2.24) is 5.32 Å². The molecular weight excluding hydrogens is 261 g/mol. The molecule has 0 aromatic heterocycles. The average molecular weight is 277 g/mol. The smallest absolute Gasteiger partial charge is 0.170 e. The van der Waals surface area contributed by atoms with Gasteiger partial charge in [-0.05, 0) is 43.3 Å². The highest BCUT2D eigenvalue weighted by Gasteiger charge is 2.14. The minimum absolute atomic E-state index is 0.0190. The standard InChI is InChI=1S/C14H16FN3S/c15-13-7-6-12(8-10(13)9-16)18-14(19)17-11-4-2-1-3-5-11/h6-8,11H,1-5H2,(H2,17,18,19). The maximum Gasteiger partial charge on any atom is 0.170 e. The van der Waals surface area contributed by atoms with Crippen molar-refractivity contribution < 1.29 is 4.39 Å². The van der Waals surface area contributed by atoms with E-state index in [1.165, 1.54) is 31.4 Å². The van der Waals surface area contributed by atoms with Crippen LogP contribution in [0.5, 0.6) is 0 Å². The Balaban J connectivity index is 1.93. The summed E-state index contributed by atoms with van der Waals surface area (Å²) in [5, 5.41) is 15.6. The van der Waals surface area contributed by atoms with Gasteiger partial charge in [0.25, 0.3) is 0 Å². The number of rotatable bonds is 2. The summed E-state index contributed by atoms with van der Waals surface area (Å²) in [5.41, 5.74) is 0.650. The fraction of sp³-hybridized carbons (Fsp3) is 0.429. The first kappa shape index (κ1) is 13.8. The van der Waals surface area contributed by atoms with Gasteiger partial charge in [-0.15, -0.1) is 0 Å². The molecule has 3 nitrogen and oxygen atoms in total. The molecule has 0 heterocycles. The molecular formula is C14H16FN3S. The van der Waals surface area contributed by atoms with Gasteiger partial charge in [-0.25, -0.2) is 4.39 Å².